The standard InChI is InChI=1S/C8H6BrFN2O3/c1-4(13)11-7-2-5(9)8(12(14)15)3-6(7)10/h2-3H,1H3,(H,11,13). The highest BCUT2D eigenvalue weighted by molar-refractivity contribution is 9.10. The highest BCUT2D eigenvalue weighted by atomic mass is 79.9. The maximum atomic E-state index is 13.2. The number of rotatable bonds is 2. The molecule has 15 heavy (non-hydrogen) atoms. The van der Waals surface area contributed by atoms with Crippen molar-refractivity contribution >= 4 is 33.2 Å². The highest BCUT2D eigenvalue weighted by Gasteiger charge is 2.16. The Kier molecular flexibility index (Phi) is 3.35. The van der Waals surface area contributed by atoms with E-state index in [1.165, 1.54) is 6.92 Å². The van der Waals surface area contributed by atoms with Gasteiger partial charge in [0, 0.05) is 6.92 Å². The van der Waals surface area contributed by atoms with Gasteiger partial charge in [-0.2, -0.15) is 0 Å². The Morgan fingerprint density at radius 3 is 2.67 bits per heavy atom. The molecule has 0 unspecified atom stereocenters. The van der Waals surface area contributed by atoms with E-state index < -0.39 is 16.6 Å². The molecule has 0 fully saturated rings. The molecule has 7 heteroatoms. The van der Waals surface area contributed by atoms with Crippen LogP contribution in [0.25, 0.3) is 0 Å². The van der Waals surface area contributed by atoms with E-state index in [4.69, 9.17) is 0 Å². The SMILES string of the molecule is CC(=O)Nc1cc(Br)c([N+](=O)[O-])cc1F. The van der Waals surface area contributed by atoms with E-state index in [9.17, 15) is 19.3 Å². The van der Waals surface area contributed by atoms with Gasteiger partial charge in [0.05, 0.1) is 21.1 Å². The third-order valence-electron chi connectivity index (χ3n) is 1.54. The molecule has 1 amide bonds. The van der Waals surface area contributed by atoms with Gasteiger partial charge in [0.15, 0.2) is 5.82 Å². The van der Waals surface area contributed by atoms with Crippen molar-refractivity contribution in [1.29, 1.82) is 0 Å². The zero-order chi connectivity index (χ0) is 11.6. The normalized spacial score (nSPS) is 9.80. The van der Waals surface area contributed by atoms with Gasteiger partial charge in [0.2, 0.25) is 5.91 Å². The van der Waals surface area contributed by atoms with Gasteiger partial charge >= 0.3 is 0 Å². The van der Waals surface area contributed by atoms with Crippen molar-refractivity contribution in [2.24, 2.45) is 0 Å². The van der Waals surface area contributed by atoms with Crippen LogP contribution in [-0.4, -0.2) is 10.8 Å². The molecule has 1 aromatic carbocycles. The van der Waals surface area contributed by atoms with Crippen LogP contribution in [0, 0.1) is 15.9 Å². The lowest BCUT2D eigenvalue weighted by atomic mass is 10.2. The van der Waals surface area contributed by atoms with Crippen molar-refractivity contribution in [2.45, 2.75) is 6.92 Å². The second-order valence-corrected chi connectivity index (χ2v) is 3.58. The molecule has 1 aromatic rings. The first-order valence-corrected chi connectivity index (χ1v) is 4.62. The van der Waals surface area contributed by atoms with Crippen LogP contribution < -0.4 is 5.32 Å². The molecular weight excluding hydrogens is 271 g/mol. The first kappa shape index (κ1) is 11.6. The summed E-state index contributed by atoms with van der Waals surface area (Å²) in [5, 5.41) is 12.6. The Balaban J connectivity index is 3.19. The summed E-state index contributed by atoms with van der Waals surface area (Å²) in [5.41, 5.74) is -0.485. The van der Waals surface area contributed by atoms with Crippen molar-refractivity contribution in [2.75, 3.05) is 5.32 Å². The molecule has 80 valence electrons. The number of nitrogens with zero attached hydrogens (tertiary/aromatic N) is 1. The van der Waals surface area contributed by atoms with Crippen molar-refractivity contribution in [3.8, 4) is 0 Å². The first-order valence-electron chi connectivity index (χ1n) is 3.83. The molecular formula is C8H6BrFN2O3. The van der Waals surface area contributed by atoms with Crippen LogP contribution in [0.4, 0.5) is 15.8 Å². The van der Waals surface area contributed by atoms with Gasteiger partial charge in [0.1, 0.15) is 0 Å². The summed E-state index contributed by atoms with van der Waals surface area (Å²) in [6, 6.07) is 1.89. The predicted molar refractivity (Wildman–Crippen MR) is 55.1 cm³/mol. The number of amides is 1. The number of nitro benzene ring substituents is 1. The fourth-order valence-corrected chi connectivity index (χ4v) is 1.45. The lowest BCUT2D eigenvalue weighted by Gasteiger charge is -2.04. The van der Waals surface area contributed by atoms with Crippen LogP contribution in [0.15, 0.2) is 16.6 Å². The molecule has 0 atom stereocenters. The fourth-order valence-electron chi connectivity index (χ4n) is 0.962. The molecule has 0 bridgehead atoms. The molecule has 0 aliphatic heterocycles. The van der Waals surface area contributed by atoms with Crippen LogP contribution in [0.3, 0.4) is 0 Å². The largest absolute Gasteiger partial charge is 0.324 e. The van der Waals surface area contributed by atoms with Gasteiger partial charge in [-0.25, -0.2) is 4.39 Å². The minimum Gasteiger partial charge on any atom is -0.324 e. The van der Waals surface area contributed by atoms with Crippen molar-refractivity contribution in [3.05, 3.63) is 32.5 Å². The highest BCUT2D eigenvalue weighted by Crippen LogP contribution is 2.30. The Morgan fingerprint density at radius 2 is 2.20 bits per heavy atom. The monoisotopic (exact) mass is 276 g/mol. The smallest absolute Gasteiger partial charge is 0.286 e. The van der Waals surface area contributed by atoms with Crippen LogP contribution in [0.5, 0.6) is 0 Å². The number of carbonyl (C=O) groups excluding carboxylic acids is 1. The fraction of sp³-hybridized carbons (Fsp3) is 0.125. The number of carbonyl (C=O) groups is 1. The van der Waals surface area contributed by atoms with E-state index in [2.05, 4.69) is 21.2 Å². The molecule has 0 saturated carbocycles. The summed E-state index contributed by atoms with van der Waals surface area (Å²) >= 11 is 2.91. The van der Waals surface area contributed by atoms with Gasteiger partial charge in [0.25, 0.3) is 5.69 Å². The summed E-state index contributed by atoms with van der Waals surface area (Å²) in [4.78, 5) is 20.4. The molecule has 0 aliphatic rings. The second kappa shape index (κ2) is 4.35. The maximum absolute atomic E-state index is 13.2. The average molecular weight is 277 g/mol. The van der Waals surface area contributed by atoms with Crippen LogP contribution in [0.2, 0.25) is 0 Å². The second-order valence-electron chi connectivity index (χ2n) is 2.72. The Morgan fingerprint density at radius 1 is 1.60 bits per heavy atom. The summed E-state index contributed by atoms with van der Waals surface area (Å²) in [7, 11) is 0. The van der Waals surface area contributed by atoms with Crippen molar-refractivity contribution in [1.82, 2.24) is 0 Å². The number of hydrogen-bond acceptors (Lipinski definition) is 3. The van der Waals surface area contributed by atoms with Gasteiger partial charge < -0.3 is 5.32 Å². The van der Waals surface area contributed by atoms with Gasteiger partial charge in [-0.1, -0.05) is 0 Å². The summed E-state index contributed by atoms with van der Waals surface area (Å²) in [6.07, 6.45) is 0. The third kappa shape index (κ3) is 2.72. The minimum atomic E-state index is -0.847. The average Bonchev–Trinajstić information content (AvgIpc) is 2.09. The minimum absolute atomic E-state index is 0.0972. The molecule has 0 heterocycles. The molecule has 0 saturated heterocycles. The van der Waals surface area contributed by atoms with E-state index in [1.807, 2.05) is 0 Å². The number of benzene rings is 1. The van der Waals surface area contributed by atoms with Crippen LogP contribution in [-0.2, 0) is 4.79 Å². The zero-order valence-electron chi connectivity index (χ0n) is 7.58. The van der Waals surface area contributed by atoms with Crippen LogP contribution >= 0.6 is 15.9 Å². The topological polar surface area (TPSA) is 72.2 Å². The lowest BCUT2D eigenvalue weighted by molar-refractivity contribution is -0.385. The number of nitrogens with one attached hydrogen (secondary N) is 1. The van der Waals surface area contributed by atoms with Crippen molar-refractivity contribution in [3.63, 3.8) is 0 Å². The Labute approximate surface area is 92.6 Å². The predicted octanol–water partition coefficient (Wildman–Crippen LogP) is 2.45. The van der Waals surface area contributed by atoms with Crippen molar-refractivity contribution < 1.29 is 14.1 Å². The molecule has 5 nitrogen and oxygen atoms in total. The van der Waals surface area contributed by atoms with Gasteiger partial charge in [-0.3, -0.25) is 14.9 Å². The Hall–Kier alpha value is -1.50. The molecule has 0 aromatic heterocycles. The third-order valence-corrected chi connectivity index (χ3v) is 2.18. The molecule has 1 N–H and O–H groups in total. The zero-order valence-corrected chi connectivity index (χ0v) is 9.17. The summed E-state index contributed by atoms with van der Waals surface area (Å²) < 4.78 is 13.3. The van der Waals surface area contributed by atoms with E-state index in [1.54, 1.807) is 0 Å². The Bertz CT molecular complexity index is 436. The maximum Gasteiger partial charge on any atom is 0.286 e. The number of halogens is 2. The van der Waals surface area contributed by atoms with Gasteiger partial charge in [-0.05, 0) is 22.0 Å². The first-order chi connectivity index (χ1) is 6.91. The molecule has 0 spiro atoms. The van der Waals surface area contributed by atoms with E-state index >= 15 is 0 Å². The number of nitro groups is 1. The number of anilines is 1. The van der Waals surface area contributed by atoms with E-state index in [0.717, 1.165) is 12.1 Å². The van der Waals surface area contributed by atoms with Gasteiger partial charge in [-0.15, -0.1) is 0 Å². The van der Waals surface area contributed by atoms with E-state index in [-0.39, 0.29) is 15.8 Å². The lowest BCUT2D eigenvalue weighted by Crippen LogP contribution is -2.08. The van der Waals surface area contributed by atoms with E-state index in [0.29, 0.717) is 0 Å². The quantitative estimate of drug-likeness (QED) is 0.666. The van der Waals surface area contributed by atoms with Crippen LogP contribution in [0.1, 0.15) is 6.92 Å². The molecule has 1 rings (SSSR count). The summed E-state index contributed by atoms with van der Waals surface area (Å²) in [5.74, 6) is -1.30. The molecule has 0 radical (unpaired) electrons. The summed E-state index contributed by atoms with van der Waals surface area (Å²) in [6.45, 7) is 1.22. The number of hydrogen-bond donors (Lipinski definition) is 1. The molecule has 0 aliphatic carbocycles.